The van der Waals surface area contributed by atoms with Crippen molar-refractivity contribution in [2.24, 2.45) is 5.92 Å². The average molecular weight is 365 g/mol. The van der Waals surface area contributed by atoms with Crippen molar-refractivity contribution in [3.8, 4) is 0 Å². The first-order chi connectivity index (χ1) is 12.4. The number of hydrogen-bond donors (Lipinski definition) is 2. The van der Waals surface area contributed by atoms with Gasteiger partial charge in [0.25, 0.3) is 0 Å². The fourth-order valence-electron chi connectivity index (χ4n) is 3.60. The van der Waals surface area contributed by atoms with Crippen LogP contribution in [0.15, 0.2) is 0 Å². The largest absolute Gasteiger partial charge is 0.466 e. The third-order valence-corrected chi connectivity index (χ3v) is 4.86. The van der Waals surface area contributed by atoms with E-state index < -0.39 is 5.97 Å². The fraction of sp³-hybridized carbons (Fsp3) is 0.632. The molecule has 2 rings (SSSR count). The lowest BCUT2D eigenvalue weighted by Gasteiger charge is -2.27. The molecule has 7 nitrogen and oxygen atoms in total. The van der Waals surface area contributed by atoms with Gasteiger partial charge in [-0.2, -0.15) is 0 Å². The lowest BCUT2D eigenvalue weighted by atomic mass is 9.96. The first-order valence-electron chi connectivity index (χ1n) is 9.28. The molecule has 2 N–H and O–H groups in total. The molecule has 0 spiro atoms. The summed E-state index contributed by atoms with van der Waals surface area (Å²) in [5, 5.41) is 0. The van der Waals surface area contributed by atoms with E-state index in [1.54, 1.807) is 27.7 Å². The normalized spacial score (nSPS) is 19.8. The number of nitrogens with one attached hydrogen (secondary N) is 2. The maximum atomic E-state index is 12.9. The summed E-state index contributed by atoms with van der Waals surface area (Å²) in [4.78, 5) is 41.1. The Kier molecular flexibility index (Phi) is 6.97. The number of aryl methyl sites for hydroxylation is 2. The third kappa shape index (κ3) is 4.52. The molecule has 26 heavy (non-hydrogen) atoms. The van der Waals surface area contributed by atoms with Crippen molar-refractivity contribution >= 4 is 17.7 Å². The van der Waals surface area contributed by atoms with Crippen molar-refractivity contribution in [3.63, 3.8) is 0 Å². The number of piperidine rings is 1. The number of H-pyrrole nitrogens is 1. The fourth-order valence-corrected chi connectivity index (χ4v) is 3.60. The molecule has 7 heteroatoms. The molecule has 0 bridgehead atoms. The highest BCUT2D eigenvalue weighted by Gasteiger charge is 2.32. The second-order valence-corrected chi connectivity index (χ2v) is 6.72. The Morgan fingerprint density at radius 1 is 1.00 bits per heavy atom. The van der Waals surface area contributed by atoms with Gasteiger partial charge in [0.2, 0.25) is 5.78 Å². The average Bonchev–Trinajstić information content (AvgIpc) is 2.90. The van der Waals surface area contributed by atoms with Crippen molar-refractivity contribution < 1.29 is 28.8 Å². The molecule has 0 saturated carbocycles. The smallest absolute Gasteiger partial charge is 0.340 e. The Balaban J connectivity index is 2.03. The number of esters is 2. The van der Waals surface area contributed by atoms with E-state index >= 15 is 0 Å². The maximum absolute atomic E-state index is 12.9. The summed E-state index contributed by atoms with van der Waals surface area (Å²) in [6.07, 6.45) is 1.44. The van der Waals surface area contributed by atoms with Crippen LogP contribution in [0.3, 0.4) is 0 Å². The molecule has 0 aromatic carbocycles. The summed E-state index contributed by atoms with van der Waals surface area (Å²) in [5.74, 6) is -0.743. The number of aromatic nitrogens is 1. The minimum atomic E-state index is -0.464. The lowest BCUT2D eigenvalue weighted by Crippen LogP contribution is -3.14. The van der Waals surface area contributed by atoms with Gasteiger partial charge >= 0.3 is 11.9 Å². The van der Waals surface area contributed by atoms with E-state index in [2.05, 4.69) is 4.98 Å². The highest BCUT2D eigenvalue weighted by atomic mass is 16.5. The van der Waals surface area contributed by atoms with Crippen LogP contribution in [0.2, 0.25) is 0 Å². The van der Waals surface area contributed by atoms with Crippen molar-refractivity contribution in [1.29, 1.82) is 0 Å². The number of hydrogen-bond acceptors (Lipinski definition) is 5. The van der Waals surface area contributed by atoms with Crippen LogP contribution in [-0.4, -0.2) is 55.6 Å². The Morgan fingerprint density at radius 3 is 2.15 bits per heavy atom. The number of Topliss-reactive ketones (excluding diaryl/α,β-unsaturated/α-hetero) is 1. The number of ketones is 1. The van der Waals surface area contributed by atoms with Gasteiger partial charge in [0.05, 0.1) is 43.3 Å². The van der Waals surface area contributed by atoms with Crippen LogP contribution in [0.25, 0.3) is 0 Å². The highest BCUT2D eigenvalue weighted by molar-refractivity contribution is 6.08. The Bertz CT molecular complexity index is 672. The van der Waals surface area contributed by atoms with Crippen LogP contribution >= 0.6 is 0 Å². The summed E-state index contributed by atoms with van der Waals surface area (Å²) in [7, 11) is 0. The zero-order chi connectivity index (χ0) is 19.3. The number of likely N-dealkylation sites (tertiary alicyclic amines) is 1. The van der Waals surface area contributed by atoms with Crippen LogP contribution < -0.4 is 4.90 Å². The van der Waals surface area contributed by atoms with Gasteiger partial charge in [-0.15, -0.1) is 0 Å². The quantitative estimate of drug-likeness (QED) is 0.552. The molecule has 1 aromatic heterocycles. The summed E-state index contributed by atoms with van der Waals surface area (Å²) in [6, 6.07) is 0. The molecule has 144 valence electrons. The molecule has 1 aromatic rings. The monoisotopic (exact) mass is 365 g/mol. The number of carbonyl (C=O) groups excluding carboxylic acids is 3. The van der Waals surface area contributed by atoms with Crippen LogP contribution in [0.1, 0.15) is 58.8 Å². The zero-order valence-corrected chi connectivity index (χ0v) is 16.1. The van der Waals surface area contributed by atoms with Crippen LogP contribution in [0.5, 0.6) is 0 Å². The summed E-state index contributed by atoms with van der Waals surface area (Å²) in [6.45, 7) is 9.57. The molecule has 1 saturated heterocycles. The van der Waals surface area contributed by atoms with E-state index in [9.17, 15) is 14.4 Å². The molecular weight excluding hydrogens is 336 g/mol. The first kappa shape index (κ1) is 20.2. The number of rotatable bonds is 7. The van der Waals surface area contributed by atoms with Gasteiger partial charge in [-0.25, -0.2) is 4.79 Å². The van der Waals surface area contributed by atoms with Crippen LogP contribution in [0, 0.1) is 19.8 Å². The van der Waals surface area contributed by atoms with Crippen molar-refractivity contribution in [2.45, 2.75) is 40.5 Å². The summed E-state index contributed by atoms with van der Waals surface area (Å²) >= 11 is 0. The molecule has 1 aliphatic rings. The van der Waals surface area contributed by atoms with Gasteiger partial charge in [0.15, 0.2) is 0 Å². The standard InChI is InChI=1S/C19H28N2O5/c1-5-25-18(23)14-7-9-21(10-8-14)11-15(22)16-12(3)20-13(4)17(16)19(24)26-6-2/h14,20H,5-11H2,1-4H3/p+1. The van der Waals surface area contributed by atoms with Gasteiger partial charge in [0, 0.05) is 24.2 Å². The van der Waals surface area contributed by atoms with Crippen LogP contribution in [-0.2, 0) is 14.3 Å². The van der Waals surface area contributed by atoms with E-state index in [4.69, 9.17) is 9.47 Å². The van der Waals surface area contributed by atoms with E-state index in [0.717, 1.165) is 30.8 Å². The first-order valence-corrected chi connectivity index (χ1v) is 9.28. The Labute approximate surface area is 154 Å². The van der Waals surface area contributed by atoms with E-state index in [-0.39, 0.29) is 24.3 Å². The summed E-state index contributed by atoms with van der Waals surface area (Å²) in [5.41, 5.74) is 2.12. The van der Waals surface area contributed by atoms with Gasteiger partial charge in [-0.3, -0.25) is 9.59 Å². The molecule has 2 heterocycles. The number of carbonyl (C=O) groups is 3. The van der Waals surface area contributed by atoms with Gasteiger partial charge < -0.3 is 19.4 Å². The van der Waals surface area contributed by atoms with Crippen molar-refractivity contribution in [3.05, 3.63) is 22.5 Å². The molecule has 0 aliphatic carbocycles. The molecule has 0 atom stereocenters. The van der Waals surface area contributed by atoms with E-state index in [0.29, 0.717) is 35.7 Å². The zero-order valence-electron chi connectivity index (χ0n) is 16.1. The van der Waals surface area contributed by atoms with Crippen molar-refractivity contribution in [1.82, 2.24) is 4.98 Å². The summed E-state index contributed by atoms with van der Waals surface area (Å²) < 4.78 is 10.2. The Morgan fingerprint density at radius 2 is 1.58 bits per heavy atom. The highest BCUT2D eigenvalue weighted by Crippen LogP contribution is 2.20. The lowest BCUT2D eigenvalue weighted by molar-refractivity contribution is -0.897. The SMILES string of the molecule is CCOC(=O)c1c(C)[nH]c(C)c1C(=O)C[NH+]1CCC(C(=O)OCC)CC1. The molecular formula is C19H29N2O5+. The molecule has 0 radical (unpaired) electrons. The van der Waals surface area contributed by atoms with Crippen molar-refractivity contribution in [2.75, 3.05) is 32.8 Å². The third-order valence-electron chi connectivity index (χ3n) is 4.86. The maximum Gasteiger partial charge on any atom is 0.340 e. The van der Waals surface area contributed by atoms with Gasteiger partial charge in [0.1, 0.15) is 6.54 Å². The minimum absolute atomic E-state index is 0.0693. The number of aromatic amines is 1. The molecule has 0 amide bonds. The van der Waals surface area contributed by atoms with E-state index in [1.807, 2.05) is 0 Å². The topological polar surface area (TPSA) is 89.9 Å². The van der Waals surface area contributed by atoms with Gasteiger partial charge in [-0.1, -0.05) is 0 Å². The van der Waals surface area contributed by atoms with Gasteiger partial charge in [-0.05, 0) is 27.7 Å². The number of quaternary nitrogens is 1. The second kappa shape index (κ2) is 8.98. The number of ether oxygens (including phenoxy) is 2. The second-order valence-electron chi connectivity index (χ2n) is 6.72. The predicted octanol–water partition coefficient (Wildman–Crippen LogP) is 0.849. The molecule has 1 aliphatic heterocycles. The minimum Gasteiger partial charge on any atom is -0.466 e. The molecule has 1 fully saturated rings. The van der Waals surface area contributed by atoms with Crippen LogP contribution in [0.4, 0.5) is 0 Å². The molecule has 0 unspecified atom stereocenters. The van der Waals surface area contributed by atoms with E-state index in [1.165, 1.54) is 0 Å². The predicted molar refractivity (Wildman–Crippen MR) is 95.5 cm³/mol. The Hall–Kier alpha value is -2.15.